The Morgan fingerprint density at radius 3 is 2.61 bits per heavy atom. The number of H-pyrrole nitrogens is 1. The molecule has 1 aromatic heterocycles. The molecule has 0 bridgehead atoms. The van der Waals surface area contributed by atoms with Gasteiger partial charge in [-0.05, 0) is 54.5 Å². The number of hydrogen-bond donors (Lipinski definition) is 1. The summed E-state index contributed by atoms with van der Waals surface area (Å²) in [5.74, 6) is 0.00203. The quantitative estimate of drug-likeness (QED) is 0.280. The van der Waals surface area contributed by atoms with Crippen LogP contribution in [0.2, 0.25) is 0 Å². The fourth-order valence-electron chi connectivity index (χ4n) is 6.65. The molecule has 1 fully saturated rings. The highest BCUT2D eigenvalue weighted by Crippen LogP contribution is 2.64. The third-order valence-corrected chi connectivity index (χ3v) is 8.23. The number of aromatic nitrogens is 1. The molecule has 0 aliphatic heterocycles. The minimum absolute atomic E-state index is 0.0586. The zero-order valence-corrected chi connectivity index (χ0v) is 19.8. The Morgan fingerprint density at radius 1 is 1.18 bits per heavy atom. The Hall–Kier alpha value is -3.15. The van der Waals surface area contributed by atoms with Crippen LogP contribution in [-0.4, -0.2) is 23.0 Å². The second-order valence-electron chi connectivity index (χ2n) is 10.5. The summed E-state index contributed by atoms with van der Waals surface area (Å²) >= 11 is 0. The molecule has 33 heavy (non-hydrogen) atoms. The maximum Gasteiger partial charge on any atom is 0.312 e. The molecule has 3 aromatic rings. The monoisotopic (exact) mass is 446 g/mol. The van der Waals surface area contributed by atoms with E-state index in [0.717, 1.165) is 47.0 Å². The van der Waals surface area contributed by atoms with Crippen LogP contribution >= 0.6 is 0 Å². The van der Waals surface area contributed by atoms with Gasteiger partial charge >= 0.3 is 5.97 Å². The lowest BCUT2D eigenvalue weighted by Crippen LogP contribution is -2.50. The highest BCUT2D eigenvalue weighted by Gasteiger charge is 2.58. The minimum Gasteiger partial charge on any atom is -0.469 e. The van der Waals surface area contributed by atoms with Gasteiger partial charge in [0.2, 0.25) is 0 Å². The number of nitrogens with one attached hydrogen (secondary N) is 1. The van der Waals surface area contributed by atoms with E-state index in [2.05, 4.69) is 44.0 Å². The second kappa shape index (κ2) is 7.17. The number of benzene rings is 2. The first-order valence-corrected chi connectivity index (χ1v) is 11.6. The minimum atomic E-state index is -0.731. The predicted molar refractivity (Wildman–Crippen MR) is 129 cm³/mol. The van der Waals surface area contributed by atoms with E-state index in [0.29, 0.717) is 5.92 Å². The normalized spacial score (nSPS) is 25.9. The molecule has 1 N–H and O–H groups in total. The summed E-state index contributed by atoms with van der Waals surface area (Å²) in [5, 5.41) is 12.4. The SMILES string of the molecule is COC(=O)[C@]1(C)CCC[C@]2(C)c3ccc(C(C)C)cc3-c3[nH]c4ccc([N+](=O)[O-])cc4c3C12. The summed E-state index contributed by atoms with van der Waals surface area (Å²) < 4.78 is 5.33. The van der Waals surface area contributed by atoms with Crippen molar-refractivity contribution < 1.29 is 14.5 Å². The van der Waals surface area contributed by atoms with Crippen LogP contribution in [0.25, 0.3) is 22.2 Å². The number of ether oxygens (including phenoxy) is 1. The Kier molecular flexibility index (Phi) is 4.71. The van der Waals surface area contributed by atoms with Crippen LogP contribution in [-0.2, 0) is 14.9 Å². The zero-order chi connectivity index (χ0) is 23.7. The van der Waals surface area contributed by atoms with Gasteiger partial charge in [-0.15, -0.1) is 0 Å². The van der Waals surface area contributed by atoms with E-state index >= 15 is 0 Å². The van der Waals surface area contributed by atoms with Crippen LogP contribution in [0.5, 0.6) is 0 Å². The molecule has 1 heterocycles. The molecule has 0 radical (unpaired) electrons. The van der Waals surface area contributed by atoms with E-state index in [1.165, 1.54) is 24.3 Å². The van der Waals surface area contributed by atoms with Crippen LogP contribution in [0.4, 0.5) is 5.69 Å². The number of rotatable bonds is 3. The van der Waals surface area contributed by atoms with Crippen LogP contribution in [0.1, 0.15) is 75.5 Å². The number of nitro groups is 1. The highest BCUT2D eigenvalue weighted by atomic mass is 16.6. The van der Waals surface area contributed by atoms with E-state index in [4.69, 9.17) is 4.74 Å². The van der Waals surface area contributed by atoms with Crippen molar-refractivity contribution in [1.29, 1.82) is 0 Å². The molecule has 1 unspecified atom stereocenters. The van der Waals surface area contributed by atoms with E-state index in [9.17, 15) is 14.9 Å². The molecule has 2 aromatic carbocycles. The van der Waals surface area contributed by atoms with Crippen molar-refractivity contribution in [2.45, 2.75) is 64.2 Å². The number of nitro benzene ring substituents is 1. The maximum atomic E-state index is 13.2. The number of hydrogen-bond acceptors (Lipinski definition) is 4. The first-order valence-electron chi connectivity index (χ1n) is 11.6. The van der Waals surface area contributed by atoms with Crippen molar-refractivity contribution in [2.75, 3.05) is 7.11 Å². The molecule has 2 aliphatic rings. The Bertz CT molecular complexity index is 1310. The molecular formula is C27H30N2O4. The Balaban J connectivity index is 1.90. The summed E-state index contributed by atoms with van der Waals surface area (Å²) in [7, 11) is 1.45. The largest absolute Gasteiger partial charge is 0.469 e. The van der Waals surface area contributed by atoms with Gasteiger partial charge in [-0.3, -0.25) is 14.9 Å². The summed E-state index contributed by atoms with van der Waals surface area (Å²) in [4.78, 5) is 28.1. The number of non-ortho nitro benzene ring substituents is 1. The average Bonchev–Trinajstić information content (AvgIpc) is 3.16. The van der Waals surface area contributed by atoms with Gasteiger partial charge in [0.25, 0.3) is 5.69 Å². The smallest absolute Gasteiger partial charge is 0.312 e. The lowest BCUT2D eigenvalue weighted by molar-refractivity contribution is -0.384. The maximum absolute atomic E-state index is 13.2. The molecule has 0 spiro atoms. The van der Waals surface area contributed by atoms with Crippen LogP contribution in [0.15, 0.2) is 36.4 Å². The molecular weight excluding hydrogens is 416 g/mol. The van der Waals surface area contributed by atoms with Crippen molar-refractivity contribution in [1.82, 2.24) is 4.98 Å². The van der Waals surface area contributed by atoms with Crippen LogP contribution in [0.3, 0.4) is 0 Å². The zero-order valence-electron chi connectivity index (χ0n) is 19.8. The van der Waals surface area contributed by atoms with Gasteiger partial charge in [0.05, 0.1) is 23.1 Å². The highest BCUT2D eigenvalue weighted by molar-refractivity contribution is 5.96. The lowest BCUT2D eigenvalue weighted by Gasteiger charge is -2.54. The third-order valence-electron chi connectivity index (χ3n) is 8.23. The molecule has 1 saturated carbocycles. The summed E-state index contributed by atoms with van der Waals surface area (Å²) in [5.41, 5.74) is 5.50. The number of esters is 1. The molecule has 172 valence electrons. The number of nitrogens with zero attached hydrogens (tertiary/aromatic N) is 1. The van der Waals surface area contributed by atoms with E-state index in [-0.39, 0.29) is 27.9 Å². The first kappa shape index (κ1) is 21.7. The van der Waals surface area contributed by atoms with Gasteiger partial charge < -0.3 is 9.72 Å². The van der Waals surface area contributed by atoms with Gasteiger partial charge in [0.15, 0.2) is 0 Å². The fraction of sp³-hybridized carbons (Fsp3) is 0.444. The van der Waals surface area contributed by atoms with Gasteiger partial charge in [0.1, 0.15) is 0 Å². The second-order valence-corrected chi connectivity index (χ2v) is 10.5. The lowest BCUT2D eigenvalue weighted by atomic mass is 9.49. The van der Waals surface area contributed by atoms with E-state index in [1.807, 2.05) is 6.92 Å². The average molecular weight is 447 g/mol. The van der Waals surface area contributed by atoms with Crippen molar-refractivity contribution >= 4 is 22.6 Å². The number of carbonyl (C=O) groups is 1. The van der Waals surface area contributed by atoms with Crippen molar-refractivity contribution in [2.24, 2.45) is 5.41 Å². The molecule has 2 aliphatic carbocycles. The Labute approximate surface area is 193 Å². The first-order chi connectivity index (χ1) is 15.6. The van der Waals surface area contributed by atoms with Crippen LogP contribution in [0, 0.1) is 15.5 Å². The van der Waals surface area contributed by atoms with Gasteiger partial charge in [-0.2, -0.15) is 0 Å². The molecule has 5 rings (SSSR count). The van der Waals surface area contributed by atoms with Crippen molar-refractivity contribution in [3.63, 3.8) is 0 Å². The third kappa shape index (κ3) is 2.89. The fourth-order valence-corrected chi connectivity index (χ4v) is 6.65. The molecule has 6 heteroatoms. The van der Waals surface area contributed by atoms with E-state index in [1.54, 1.807) is 12.1 Å². The summed E-state index contributed by atoms with van der Waals surface area (Å²) in [6, 6.07) is 11.7. The standard InChI is InChI=1S/C27H30N2O4/c1-15(2)16-7-9-20-18(13-16)23-22(19-14-17(29(31)32)8-10-21(19)28-23)24-26(20,3)11-6-12-27(24,4)25(30)33-5/h7-10,13-15,24,28H,6,11-12H2,1-5H3/t24?,26-,27-/m1/s1. The Morgan fingerprint density at radius 2 is 1.94 bits per heavy atom. The molecule has 3 atom stereocenters. The van der Waals surface area contributed by atoms with Gasteiger partial charge in [-0.25, -0.2) is 0 Å². The number of aromatic amines is 1. The number of carbonyl (C=O) groups excluding carboxylic acids is 1. The predicted octanol–water partition coefficient (Wildman–Crippen LogP) is 6.58. The number of methoxy groups -OCH3 is 1. The van der Waals surface area contributed by atoms with E-state index < -0.39 is 5.41 Å². The van der Waals surface area contributed by atoms with Crippen LogP contribution < -0.4 is 0 Å². The van der Waals surface area contributed by atoms with Crippen molar-refractivity contribution in [3.05, 3.63) is 63.2 Å². The van der Waals surface area contributed by atoms with Gasteiger partial charge in [0, 0.05) is 39.9 Å². The summed E-state index contributed by atoms with van der Waals surface area (Å²) in [6.07, 6.45) is 2.58. The van der Waals surface area contributed by atoms with Gasteiger partial charge in [-0.1, -0.05) is 39.3 Å². The molecule has 6 nitrogen and oxygen atoms in total. The summed E-state index contributed by atoms with van der Waals surface area (Å²) in [6.45, 7) is 8.62. The number of fused-ring (bicyclic) bond motifs is 8. The molecule has 0 saturated heterocycles. The topological polar surface area (TPSA) is 85.2 Å². The molecule has 0 amide bonds. The van der Waals surface area contributed by atoms with Crippen molar-refractivity contribution in [3.8, 4) is 11.3 Å².